The molecule has 2 rings (SSSR count). The summed E-state index contributed by atoms with van der Waals surface area (Å²) in [5.74, 6) is -1.10. The molecule has 0 aliphatic heterocycles. The molecule has 2 aromatic rings. The highest BCUT2D eigenvalue weighted by molar-refractivity contribution is 5.88. The molecule has 5 nitrogen and oxygen atoms in total. The molecule has 2 amide bonds. The summed E-state index contributed by atoms with van der Waals surface area (Å²) >= 11 is 0. The van der Waals surface area contributed by atoms with Crippen LogP contribution in [0, 0.1) is 12.7 Å². The second kappa shape index (κ2) is 10.4. The topological polar surface area (TPSA) is 58.6 Å². The molecule has 1 atom stereocenters. The molecule has 0 radical (unpaired) electrons. The van der Waals surface area contributed by atoms with Crippen molar-refractivity contribution in [3.8, 4) is 5.75 Å². The van der Waals surface area contributed by atoms with Gasteiger partial charge in [0.2, 0.25) is 5.91 Å². The zero-order valence-corrected chi connectivity index (χ0v) is 16.6. The number of ether oxygens (including phenoxy) is 1. The van der Waals surface area contributed by atoms with E-state index in [1.807, 2.05) is 45.0 Å². The van der Waals surface area contributed by atoms with Crippen molar-refractivity contribution in [1.29, 1.82) is 0 Å². The zero-order valence-electron chi connectivity index (χ0n) is 16.6. The standard InChI is InChI=1S/C22H27FN2O3/c1-4-19(22(27)24-5-2)25(14-17-11-7-6-10-16(17)3)21(26)15-28-20-13-9-8-12-18(20)23/h6-13,19H,4-5,14-15H2,1-3H3,(H,24,27)/t19-/m0/s1. The Morgan fingerprint density at radius 3 is 2.43 bits per heavy atom. The normalized spacial score (nSPS) is 11.6. The minimum atomic E-state index is -0.628. The van der Waals surface area contributed by atoms with Crippen LogP contribution in [0.5, 0.6) is 5.75 Å². The van der Waals surface area contributed by atoms with Gasteiger partial charge in [0.15, 0.2) is 18.2 Å². The summed E-state index contributed by atoms with van der Waals surface area (Å²) in [6, 6.07) is 13.0. The molecule has 0 fully saturated rings. The summed E-state index contributed by atoms with van der Waals surface area (Å²) < 4.78 is 19.2. The number of hydrogen-bond acceptors (Lipinski definition) is 3. The van der Waals surface area contributed by atoms with Crippen LogP contribution in [0.25, 0.3) is 0 Å². The van der Waals surface area contributed by atoms with E-state index in [1.165, 1.54) is 17.0 Å². The second-order valence-electron chi connectivity index (χ2n) is 6.49. The fourth-order valence-electron chi connectivity index (χ4n) is 2.97. The molecule has 28 heavy (non-hydrogen) atoms. The van der Waals surface area contributed by atoms with Crippen molar-refractivity contribution >= 4 is 11.8 Å². The Bertz CT molecular complexity index is 810. The van der Waals surface area contributed by atoms with Crippen molar-refractivity contribution < 1.29 is 18.7 Å². The van der Waals surface area contributed by atoms with Crippen LogP contribution >= 0.6 is 0 Å². The van der Waals surface area contributed by atoms with Crippen LogP contribution in [0.15, 0.2) is 48.5 Å². The highest BCUT2D eigenvalue weighted by atomic mass is 19.1. The van der Waals surface area contributed by atoms with Crippen LogP contribution in [-0.4, -0.2) is 35.9 Å². The van der Waals surface area contributed by atoms with Crippen LogP contribution in [0.3, 0.4) is 0 Å². The third-order valence-electron chi connectivity index (χ3n) is 4.53. The van der Waals surface area contributed by atoms with E-state index in [2.05, 4.69) is 5.32 Å². The molecule has 0 saturated heterocycles. The van der Waals surface area contributed by atoms with Gasteiger partial charge in [0.1, 0.15) is 6.04 Å². The molecule has 1 N–H and O–H groups in total. The average Bonchev–Trinajstić information content (AvgIpc) is 2.68. The highest BCUT2D eigenvalue weighted by Crippen LogP contribution is 2.18. The molecule has 6 heteroatoms. The van der Waals surface area contributed by atoms with Crippen molar-refractivity contribution in [2.45, 2.75) is 39.8 Å². The van der Waals surface area contributed by atoms with E-state index in [4.69, 9.17) is 4.74 Å². The highest BCUT2D eigenvalue weighted by Gasteiger charge is 2.29. The number of halogens is 1. The Labute approximate surface area is 165 Å². The molecule has 0 aliphatic rings. The third kappa shape index (κ3) is 5.55. The second-order valence-corrected chi connectivity index (χ2v) is 6.49. The molecule has 0 unspecified atom stereocenters. The van der Waals surface area contributed by atoms with Gasteiger partial charge < -0.3 is 15.0 Å². The van der Waals surface area contributed by atoms with E-state index in [0.717, 1.165) is 11.1 Å². The summed E-state index contributed by atoms with van der Waals surface area (Å²) in [6.45, 7) is 6.06. The van der Waals surface area contributed by atoms with Gasteiger partial charge in [-0.3, -0.25) is 9.59 Å². The maximum absolute atomic E-state index is 13.8. The molecule has 150 valence electrons. The van der Waals surface area contributed by atoms with Crippen LogP contribution in [-0.2, 0) is 16.1 Å². The number of amides is 2. The van der Waals surface area contributed by atoms with E-state index < -0.39 is 11.9 Å². The number of hydrogen-bond donors (Lipinski definition) is 1. The van der Waals surface area contributed by atoms with E-state index in [1.54, 1.807) is 12.1 Å². The molecule has 0 aromatic heterocycles. The number of carbonyl (C=O) groups is 2. The Hall–Kier alpha value is -2.89. The number of rotatable bonds is 9. The van der Waals surface area contributed by atoms with Crippen LogP contribution in [0.4, 0.5) is 4.39 Å². The van der Waals surface area contributed by atoms with Crippen molar-refractivity contribution in [2.75, 3.05) is 13.2 Å². The Kier molecular flexibility index (Phi) is 7.99. The smallest absolute Gasteiger partial charge is 0.261 e. The number of carbonyl (C=O) groups excluding carboxylic acids is 2. The number of likely N-dealkylation sites (N-methyl/N-ethyl adjacent to an activating group) is 1. The maximum atomic E-state index is 13.8. The zero-order chi connectivity index (χ0) is 20.5. The molecule has 0 spiro atoms. The molecule has 0 saturated carbocycles. The Balaban J connectivity index is 2.23. The van der Waals surface area contributed by atoms with Gasteiger partial charge in [-0.15, -0.1) is 0 Å². The van der Waals surface area contributed by atoms with Gasteiger partial charge in [-0.1, -0.05) is 43.3 Å². The lowest BCUT2D eigenvalue weighted by molar-refractivity contribution is -0.143. The minimum Gasteiger partial charge on any atom is -0.481 e. The van der Waals surface area contributed by atoms with Gasteiger partial charge in [0.25, 0.3) is 5.91 Å². The Morgan fingerprint density at radius 2 is 1.79 bits per heavy atom. The first-order chi connectivity index (χ1) is 13.5. The van der Waals surface area contributed by atoms with Crippen LogP contribution in [0.2, 0.25) is 0 Å². The molecule has 0 aliphatic carbocycles. The molecule has 0 heterocycles. The first-order valence-electron chi connectivity index (χ1n) is 9.46. The number of benzene rings is 2. The Morgan fingerprint density at radius 1 is 1.11 bits per heavy atom. The minimum absolute atomic E-state index is 0.0118. The number of aryl methyl sites for hydroxylation is 1. The third-order valence-corrected chi connectivity index (χ3v) is 4.53. The molecular weight excluding hydrogens is 359 g/mol. The average molecular weight is 386 g/mol. The first kappa shape index (κ1) is 21.4. The summed E-state index contributed by atoms with van der Waals surface area (Å²) in [4.78, 5) is 27.0. The first-order valence-corrected chi connectivity index (χ1v) is 9.46. The molecule has 0 bridgehead atoms. The van der Waals surface area contributed by atoms with Crippen molar-refractivity contribution in [3.63, 3.8) is 0 Å². The predicted molar refractivity (Wildman–Crippen MR) is 106 cm³/mol. The van der Waals surface area contributed by atoms with Gasteiger partial charge in [0.05, 0.1) is 0 Å². The fraction of sp³-hybridized carbons (Fsp3) is 0.364. The summed E-state index contributed by atoms with van der Waals surface area (Å²) in [7, 11) is 0. The van der Waals surface area contributed by atoms with Gasteiger partial charge in [-0.05, 0) is 43.5 Å². The monoisotopic (exact) mass is 386 g/mol. The van der Waals surface area contributed by atoms with E-state index in [-0.39, 0.29) is 30.7 Å². The summed E-state index contributed by atoms with van der Waals surface area (Å²) in [5, 5.41) is 2.78. The molecular formula is C22H27FN2O3. The lowest BCUT2D eigenvalue weighted by atomic mass is 10.1. The SMILES string of the molecule is CCNC(=O)[C@H](CC)N(Cc1ccccc1C)C(=O)COc1ccccc1F. The van der Waals surface area contributed by atoms with Gasteiger partial charge in [-0.25, -0.2) is 4.39 Å². The van der Waals surface area contributed by atoms with Crippen LogP contribution < -0.4 is 10.1 Å². The number of para-hydroxylation sites is 1. The van der Waals surface area contributed by atoms with Gasteiger partial charge >= 0.3 is 0 Å². The summed E-state index contributed by atoms with van der Waals surface area (Å²) in [6.07, 6.45) is 0.461. The van der Waals surface area contributed by atoms with E-state index in [0.29, 0.717) is 13.0 Å². The van der Waals surface area contributed by atoms with Crippen LogP contribution in [0.1, 0.15) is 31.4 Å². The summed E-state index contributed by atoms with van der Waals surface area (Å²) in [5.41, 5.74) is 1.98. The lowest BCUT2D eigenvalue weighted by Gasteiger charge is -2.31. The lowest BCUT2D eigenvalue weighted by Crippen LogP contribution is -2.50. The van der Waals surface area contributed by atoms with Gasteiger partial charge in [0, 0.05) is 13.1 Å². The van der Waals surface area contributed by atoms with Crippen molar-refractivity contribution in [3.05, 3.63) is 65.5 Å². The number of nitrogens with one attached hydrogen (secondary N) is 1. The van der Waals surface area contributed by atoms with Crippen molar-refractivity contribution in [1.82, 2.24) is 10.2 Å². The predicted octanol–water partition coefficient (Wildman–Crippen LogP) is 3.46. The molecule has 2 aromatic carbocycles. The quantitative estimate of drug-likeness (QED) is 0.718. The maximum Gasteiger partial charge on any atom is 0.261 e. The number of nitrogens with zero attached hydrogens (tertiary/aromatic N) is 1. The van der Waals surface area contributed by atoms with E-state index in [9.17, 15) is 14.0 Å². The van der Waals surface area contributed by atoms with E-state index >= 15 is 0 Å². The fourth-order valence-corrected chi connectivity index (χ4v) is 2.97. The van der Waals surface area contributed by atoms with Gasteiger partial charge in [-0.2, -0.15) is 0 Å². The largest absolute Gasteiger partial charge is 0.481 e. The van der Waals surface area contributed by atoms with Crippen molar-refractivity contribution in [2.24, 2.45) is 0 Å².